The van der Waals surface area contributed by atoms with Crippen molar-refractivity contribution in [3.05, 3.63) is 0 Å². The van der Waals surface area contributed by atoms with Crippen LogP contribution in [0.15, 0.2) is 0 Å². The minimum absolute atomic E-state index is 0.438. The molecule has 0 rings (SSSR count). The number of esters is 1. The highest BCUT2D eigenvalue weighted by molar-refractivity contribution is 8.76. The Labute approximate surface area is 110 Å². The molecule has 1 atom stereocenters. The Hall–Kier alpha value is -0.560. The van der Waals surface area contributed by atoms with Gasteiger partial charge in [0.25, 0.3) is 0 Å². The maximum absolute atomic E-state index is 11.5. The minimum atomic E-state index is -0.688. The molecule has 0 aromatic heterocycles. The largest absolute Gasteiger partial charge is 0.467 e. The molecule has 17 heavy (non-hydrogen) atoms. The highest BCUT2D eigenvalue weighted by Crippen LogP contribution is 2.18. The topological polar surface area (TPSA) is 64.6 Å². The van der Waals surface area contributed by atoms with Crippen molar-refractivity contribution in [1.82, 2.24) is 5.32 Å². The second-order valence-electron chi connectivity index (χ2n) is 4.17. The summed E-state index contributed by atoms with van der Waals surface area (Å²) in [6.07, 6.45) is 1.28. The average molecular weight is 281 g/mol. The monoisotopic (exact) mass is 281 g/mol. The third-order valence-corrected chi connectivity index (χ3v) is 3.35. The summed E-state index contributed by atoms with van der Waals surface area (Å²) >= 11 is 0. The van der Waals surface area contributed by atoms with Crippen LogP contribution in [0.5, 0.6) is 0 Å². The fourth-order valence-corrected chi connectivity index (χ4v) is 2.20. The molecule has 0 bridgehead atoms. The van der Waals surface area contributed by atoms with Crippen LogP contribution in [0.4, 0.5) is 4.79 Å². The molecular formula is C10H19NO4S2. The summed E-state index contributed by atoms with van der Waals surface area (Å²) in [5.41, 5.74) is -0.586. The first-order chi connectivity index (χ1) is 7.80. The molecule has 5 nitrogen and oxygen atoms in total. The van der Waals surface area contributed by atoms with Crippen molar-refractivity contribution < 1.29 is 19.1 Å². The van der Waals surface area contributed by atoms with Gasteiger partial charge in [0, 0.05) is 5.75 Å². The fraction of sp³-hybridized carbons (Fsp3) is 0.800. The third kappa shape index (κ3) is 8.20. The van der Waals surface area contributed by atoms with Crippen molar-refractivity contribution in [3.63, 3.8) is 0 Å². The van der Waals surface area contributed by atoms with Crippen LogP contribution in [0, 0.1) is 0 Å². The van der Waals surface area contributed by atoms with Crippen LogP contribution in [0.1, 0.15) is 20.8 Å². The van der Waals surface area contributed by atoms with Crippen molar-refractivity contribution in [1.29, 1.82) is 0 Å². The van der Waals surface area contributed by atoms with Gasteiger partial charge in [-0.1, -0.05) is 21.6 Å². The summed E-state index contributed by atoms with van der Waals surface area (Å²) in [6.45, 7) is 5.28. The maximum atomic E-state index is 11.5. The van der Waals surface area contributed by atoms with Gasteiger partial charge in [-0.3, -0.25) is 0 Å². The number of carbonyl (C=O) groups is 2. The van der Waals surface area contributed by atoms with Gasteiger partial charge in [0.1, 0.15) is 11.6 Å². The highest BCUT2D eigenvalue weighted by atomic mass is 33.1. The first-order valence-corrected chi connectivity index (χ1v) is 7.76. The summed E-state index contributed by atoms with van der Waals surface area (Å²) in [4.78, 5) is 22.9. The predicted molar refractivity (Wildman–Crippen MR) is 71.1 cm³/mol. The lowest BCUT2D eigenvalue weighted by Crippen LogP contribution is -2.45. The predicted octanol–water partition coefficient (Wildman–Crippen LogP) is 2.06. The molecule has 0 aliphatic carbocycles. The van der Waals surface area contributed by atoms with Crippen LogP contribution in [-0.2, 0) is 14.3 Å². The molecular weight excluding hydrogens is 262 g/mol. The molecule has 0 saturated heterocycles. The van der Waals surface area contributed by atoms with Gasteiger partial charge >= 0.3 is 12.1 Å². The molecule has 0 fully saturated rings. The summed E-state index contributed by atoms with van der Waals surface area (Å²) < 4.78 is 9.68. The zero-order valence-electron chi connectivity index (χ0n) is 10.7. The quantitative estimate of drug-likeness (QED) is 0.615. The van der Waals surface area contributed by atoms with Crippen LogP contribution in [0.25, 0.3) is 0 Å². The Morgan fingerprint density at radius 3 is 2.35 bits per heavy atom. The van der Waals surface area contributed by atoms with E-state index in [2.05, 4.69) is 10.1 Å². The number of hydrogen-bond acceptors (Lipinski definition) is 6. The van der Waals surface area contributed by atoms with Crippen LogP contribution in [0.3, 0.4) is 0 Å². The zero-order valence-corrected chi connectivity index (χ0v) is 12.4. The molecule has 0 saturated carbocycles. The highest BCUT2D eigenvalue weighted by Gasteiger charge is 2.24. The standard InChI is InChI=1S/C10H19NO4S2/c1-10(2,3)15-9(13)11-7(6-17-16-5)8(12)14-4/h7H,6H2,1-5H3,(H,11,13)/t7-/m1/s1. The van der Waals surface area contributed by atoms with Crippen molar-refractivity contribution in [3.8, 4) is 0 Å². The SMILES string of the molecule is COC(=O)[C@@H](CSSC)NC(=O)OC(C)(C)C. The molecule has 7 heteroatoms. The molecule has 1 N–H and O–H groups in total. The minimum Gasteiger partial charge on any atom is -0.467 e. The second kappa shape index (κ2) is 7.71. The van der Waals surface area contributed by atoms with Gasteiger partial charge in [0.05, 0.1) is 7.11 Å². The molecule has 0 radical (unpaired) electrons. The van der Waals surface area contributed by atoms with E-state index in [-0.39, 0.29) is 0 Å². The first-order valence-electron chi connectivity index (χ1n) is 5.03. The van der Waals surface area contributed by atoms with E-state index in [0.717, 1.165) is 0 Å². The van der Waals surface area contributed by atoms with Gasteiger partial charge in [-0.15, -0.1) is 0 Å². The van der Waals surface area contributed by atoms with E-state index in [1.54, 1.807) is 20.8 Å². The normalized spacial score (nSPS) is 12.8. The lowest BCUT2D eigenvalue weighted by Gasteiger charge is -2.22. The van der Waals surface area contributed by atoms with Gasteiger partial charge < -0.3 is 14.8 Å². The number of hydrogen-bond donors (Lipinski definition) is 1. The van der Waals surface area contributed by atoms with Crippen LogP contribution in [-0.4, -0.2) is 42.8 Å². The number of ether oxygens (including phenoxy) is 2. The lowest BCUT2D eigenvalue weighted by atomic mass is 10.2. The fourth-order valence-electron chi connectivity index (χ4n) is 0.897. The Morgan fingerprint density at radius 1 is 1.35 bits per heavy atom. The van der Waals surface area contributed by atoms with Gasteiger partial charge in [-0.25, -0.2) is 9.59 Å². The van der Waals surface area contributed by atoms with Crippen LogP contribution >= 0.6 is 21.6 Å². The van der Waals surface area contributed by atoms with Gasteiger partial charge in [-0.2, -0.15) is 0 Å². The van der Waals surface area contributed by atoms with E-state index < -0.39 is 23.7 Å². The number of rotatable bonds is 5. The van der Waals surface area contributed by atoms with Crippen molar-refractivity contribution >= 4 is 33.7 Å². The molecule has 0 spiro atoms. The number of methoxy groups -OCH3 is 1. The molecule has 100 valence electrons. The molecule has 0 heterocycles. The zero-order chi connectivity index (χ0) is 13.5. The number of amides is 1. The Kier molecular flexibility index (Phi) is 7.45. The molecule has 0 aromatic rings. The van der Waals surface area contributed by atoms with Gasteiger partial charge in [0.15, 0.2) is 0 Å². The van der Waals surface area contributed by atoms with Crippen molar-refractivity contribution in [2.24, 2.45) is 0 Å². The van der Waals surface area contributed by atoms with E-state index in [1.807, 2.05) is 6.26 Å². The molecule has 0 aliphatic rings. The Balaban J connectivity index is 4.32. The van der Waals surface area contributed by atoms with E-state index >= 15 is 0 Å². The second-order valence-corrected chi connectivity index (χ2v) is 6.78. The molecule has 0 aromatic carbocycles. The molecule has 0 aliphatic heterocycles. The molecule has 1 amide bonds. The smallest absolute Gasteiger partial charge is 0.408 e. The molecule has 0 unspecified atom stereocenters. The van der Waals surface area contributed by atoms with Gasteiger partial charge in [-0.05, 0) is 27.0 Å². The average Bonchev–Trinajstić information content (AvgIpc) is 2.20. The summed E-state index contributed by atoms with van der Waals surface area (Å²) in [6, 6.07) is -0.688. The third-order valence-electron chi connectivity index (χ3n) is 1.53. The van der Waals surface area contributed by atoms with Crippen molar-refractivity contribution in [2.45, 2.75) is 32.4 Å². The van der Waals surface area contributed by atoms with E-state index in [0.29, 0.717) is 5.75 Å². The van der Waals surface area contributed by atoms with E-state index in [1.165, 1.54) is 28.7 Å². The van der Waals surface area contributed by atoms with Crippen molar-refractivity contribution in [2.75, 3.05) is 19.1 Å². The number of carbonyl (C=O) groups excluding carboxylic acids is 2. The van der Waals surface area contributed by atoms with Crippen LogP contribution < -0.4 is 5.32 Å². The number of nitrogens with one attached hydrogen (secondary N) is 1. The van der Waals surface area contributed by atoms with Gasteiger partial charge in [0.2, 0.25) is 0 Å². The van der Waals surface area contributed by atoms with Crippen LogP contribution in [0.2, 0.25) is 0 Å². The lowest BCUT2D eigenvalue weighted by molar-refractivity contribution is -0.142. The summed E-state index contributed by atoms with van der Waals surface area (Å²) in [7, 11) is 4.27. The maximum Gasteiger partial charge on any atom is 0.408 e. The van der Waals surface area contributed by atoms with E-state index in [9.17, 15) is 9.59 Å². The first kappa shape index (κ1) is 16.4. The number of alkyl carbamates (subject to hydrolysis) is 1. The van der Waals surface area contributed by atoms with E-state index in [4.69, 9.17) is 4.74 Å². The Bertz CT molecular complexity index is 266. The Morgan fingerprint density at radius 2 is 1.94 bits per heavy atom. The summed E-state index contributed by atoms with van der Waals surface area (Å²) in [5, 5.41) is 2.49. The summed E-state index contributed by atoms with van der Waals surface area (Å²) in [5.74, 6) is -0.0370.